The van der Waals surface area contributed by atoms with Gasteiger partial charge in [0.2, 0.25) is 5.72 Å². The molecule has 1 aromatic carbocycles. The summed E-state index contributed by atoms with van der Waals surface area (Å²) in [4.78, 5) is 23.0. The van der Waals surface area contributed by atoms with Crippen molar-refractivity contribution in [3.05, 3.63) is 47.5 Å². The zero-order valence-electron chi connectivity index (χ0n) is 9.46. The Balaban J connectivity index is 2.10. The van der Waals surface area contributed by atoms with E-state index in [2.05, 4.69) is 0 Å². The summed E-state index contributed by atoms with van der Waals surface area (Å²) in [5, 5.41) is 0. The average molecular weight is 245 g/mol. The van der Waals surface area contributed by atoms with Crippen LogP contribution in [0.4, 0.5) is 0 Å². The van der Waals surface area contributed by atoms with E-state index in [0.717, 1.165) is 17.7 Å². The van der Waals surface area contributed by atoms with Gasteiger partial charge >= 0.3 is 11.9 Å². The van der Waals surface area contributed by atoms with Crippen molar-refractivity contribution < 1.29 is 19.1 Å². The molecular weight excluding hydrogens is 234 g/mol. The lowest BCUT2D eigenvalue weighted by Gasteiger charge is -2.31. The minimum absolute atomic E-state index is 0.444. The molecule has 0 bridgehead atoms. The first-order chi connectivity index (χ1) is 8.59. The van der Waals surface area contributed by atoms with Crippen molar-refractivity contribution in [1.29, 1.82) is 0 Å². The van der Waals surface area contributed by atoms with E-state index < -0.39 is 23.8 Å². The van der Waals surface area contributed by atoms with Gasteiger partial charge < -0.3 is 9.47 Å². The fourth-order valence-corrected chi connectivity index (χ4v) is 2.37. The molecule has 1 aromatic rings. The van der Waals surface area contributed by atoms with Gasteiger partial charge in [-0.1, -0.05) is 24.3 Å². The van der Waals surface area contributed by atoms with Gasteiger partial charge in [-0.2, -0.15) is 0 Å². The van der Waals surface area contributed by atoms with Gasteiger partial charge in [0.15, 0.2) is 6.10 Å². The van der Waals surface area contributed by atoms with Gasteiger partial charge in [-0.15, -0.1) is 0 Å². The van der Waals surface area contributed by atoms with Gasteiger partial charge in [-0.05, 0) is 5.56 Å². The van der Waals surface area contributed by atoms with Crippen LogP contribution in [0.3, 0.4) is 0 Å². The number of esters is 2. The molecule has 3 rings (SSSR count). The number of fused-ring (bicyclic) bond motifs is 3. The lowest BCUT2D eigenvalue weighted by molar-refractivity contribution is -0.181. The fraction of sp³-hybridized carbons (Fsp3) is 0.231. The Morgan fingerprint density at radius 1 is 1.17 bits per heavy atom. The number of ether oxygens (including phenoxy) is 2. The van der Waals surface area contributed by atoms with Crippen LogP contribution in [-0.2, 0) is 31.2 Å². The van der Waals surface area contributed by atoms with E-state index >= 15 is 0 Å². The molecule has 1 heterocycles. The molecular formula is C13H11NO4. The third-order valence-corrected chi connectivity index (χ3v) is 3.21. The maximum Gasteiger partial charge on any atom is 0.333 e. The summed E-state index contributed by atoms with van der Waals surface area (Å²) in [5.74, 6) is -1.23. The van der Waals surface area contributed by atoms with Crippen molar-refractivity contribution in [1.82, 2.24) is 0 Å². The van der Waals surface area contributed by atoms with Gasteiger partial charge in [0.1, 0.15) is 0 Å². The molecule has 2 aliphatic rings. The summed E-state index contributed by atoms with van der Waals surface area (Å²) in [7, 11) is 0. The highest BCUT2D eigenvalue weighted by molar-refractivity contribution is 5.92. The molecule has 0 spiro atoms. The highest BCUT2D eigenvalue weighted by Gasteiger charge is 2.50. The molecule has 5 heteroatoms. The van der Waals surface area contributed by atoms with Crippen LogP contribution in [0.1, 0.15) is 11.1 Å². The number of carbonyl (C=O) groups is 2. The Morgan fingerprint density at radius 3 is 2.72 bits per heavy atom. The molecule has 0 amide bonds. The molecule has 0 fully saturated rings. The van der Waals surface area contributed by atoms with Crippen LogP contribution in [0.15, 0.2) is 36.4 Å². The van der Waals surface area contributed by atoms with E-state index in [4.69, 9.17) is 15.2 Å². The Morgan fingerprint density at radius 2 is 1.89 bits per heavy atom. The topological polar surface area (TPSA) is 78.6 Å². The molecule has 5 nitrogen and oxygen atoms in total. The number of hydrogen-bond donors (Lipinski definition) is 1. The lowest BCUT2D eigenvalue weighted by atomic mass is 10.0. The molecule has 92 valence electrons. The Kier molecular flexibility index (Phi) is 2.24. The molecule has 1 aliphatic heterocycles. The third-order valence-electron chi connectivity index (χ3n) is 3.21. The van der Waals surface area contributed by atoms with E-state index in [-0.39, 0.29) is 0 Å². The number of carbonyl (C=O) groups excluding carboxylic acids is 2. The van der Waals surface area contributed by atoms with Gasteiger partial charge in [-0.25, -0.2) is 9.59 Å². The van der Waals surface area contributed by atoms with Crippen molar-refractivity contribution in [3.63, 3.8) is 0 Å². The van der Waals surface area contributed by atoms with Crippen molar-refractivity contribution >= 4 is 11.9 Å². The van der Waals surface area contributed by atoms with Crippen LogP contribution in [0.25, 0.3) is 0 Å². The second-order valence-electron chi connectivity index (χ2n) is 4.33. The van der Waals surface area contributed by atoms with Crippen molar-refractivity contribution in [3.8, 4) is 0 Å². The first kappa shape index (κ1) is 11.0. The highest BCUT2D eigenvalue weighted by atomic mass is 16.6. The number of benzene rings is 1. The van der Waals surface area contributed by atoms with Crippen LogP contribution in [0, 0.1) is 0 Å². The van der Waals surface area contributed by atoms with Crippen molar-refractivity contribution in [2.45, 2.75) is 18.2 Å². The lowest BCUT2D eigenvalue weighted by Crippen LogP contribution is -2.51. The normalized spacial score (nSPS) is 31.5. The molecule has 2 N–H and O–H groups in total. The second-order valence-corrected chi connectivity index (χ2v) is 4.33. The standard InChI is InChI=1S/C13H11NO4/c14-13-9-4-2-1-3-8(9)7-10(13)17-11(15)5-6-12(16)18-13/h1-6,10H,7,14H2/b6-5+. The summed E-state index contributed by atoms with van der Waals surface area (Å²) in [5.41, 5.74) is 6.36. The molecule has 1 aliphatic carbocycles. The van der Waals surface area contributed by atoms with Gasteiger partial charge in [0.05, 0.1) is 0 Å². The predicted molar refractivity (Wildman–Crippen MR) is 61.1 cm³/mol. The third kappa shape index (κ3) is 1.52. The van der Waals surface area contributed by atoms with Crippen LogP contribution >= 0.6 is 0 Å². The zero-order chi connectivity index (χ0) is 12.8. The van der Waals surface area contributed by atoms with Crippen molar-refractivity contribution in [2.24, 2.45) is 5.73 Å². The van der Waals surface area contributed by atoms with Crippen LogP contribution < -0.4 is 5.73 Å². The molecule has 0 aromatic heterocycles. The smallest absolute Gasteiger partial charge is 0.333 e. The van der Waals surface area contributed by atoms with E-state index in [0.29, 0.717) is 12.0 Å². The first-order valence-corrected chi connectivity index (χ1v) is 5.58. The van der Waals surface area contributed by atoms with Gasteiger partial charge in [0.25, 0.3) is 0 Å². The minimum Gasteiger partial charge on any atom is -0.453 e. The minimum atomic E-state index is -1.39. The maximum atomic E-state index is 11.5. The van der Waals surface area contributed by atoms with Gasteiger partial charge in [-0.3, -0.25) is 5.73 Å². The summed E-state index contributed by atoms with van der Waals surface area (Å²) < 4.78 is 10.5. The number of hydrogen-bond acceptors (Lipinski definition) is 5. The van der Waals surface area contributed by atoms with Gasteiger partial charge in [0, 0.05) is 24.1 Å². The Hall–Kier alpha value is -2.14. The Labute approximate surface area is 103 Å². The Bertz CT molecular complexity index is 566. The summed E-state index contributed by atoms with van der Waals surface area (Å²) in [6.07, 6.45) is 1.83. The predicted octanol–water partition coefficient (Wildman–Crippen LogP) is 0.379. The fourth-order valence-electron chi connectivity index (χ4n) is 2.37. The molecule has 0 saturated heterocycles. The van der Waals surface area contributed by atoms with E-state index in [1.807, 2.05) is 12.1 Å². The van der Waals surface area contributed by atoms with E-state index in [1.54, 1.807) is 12.1 Å². The van der Waals surface area contributed by atoms with E-state index in [9.17, 15) is 9.59 Å². The van der Waals surface area contributed by atoms with Crippen molar-refractivity contribution in [2.75, 3.05) is 0 Å². The molecule has 0 saturated carbocycles. The monoisotopic (exact) mass is 245 g/mol. The maximum absolute atomic E-state index is 11.5. The highest BCUT2D eigenvalue weighted by Crippen LogP contribution is 2.38. The molecule has 18 heavy (non-hydrogen) atoms. The zero-order valence-corrected chi connectivity index (χ0v) is 9.46. The summed E-state index contributed by atoms with van der Waals surface area (Å²) in [6.45, 7) is 0. The average Bonchev–Trinajstić information content (AvgIpc) is 2.59. The first-order valence-electron chi connectivity index (χ1n) is 5.58. The molecule has 2 atom stereocenters. The number of nitrogens with two attached hydrogens (primary N) is 1. The quantitative estimate of drug-likeness (QED) is 0.668. The van der Waals surface area contributed by atoms with Crippen LogP contribution in [0.5, 0.6) is 0 Å². The molecule has 2 unspecified atom stereocenters. The number of rotatable bonds is 0. The van der Waals surface area contributed by atoms with E-state index in [1.165, 1.54) is 0 Å². The second kappa shape index (κ2) is 3.68. The summed E-state index contributed by atoms with van der Waals surface area (Å²) >= 11 is 0. The van der Waals surface area contributed by atoms with Crippen LogP contribution in [-0.4, -0.2) is 18.0 Å². The molecule has 0 radical (unpaired) electrons. The SMILES string of the molecule is NC12OC(=O)/C=C/C(=O)OC1Cc1ccccc12. The summed E-state index contributed by atoms with van der Waals surface area (Å²) in [6, 6.07) is 7.33. The largest absolute Gasteiger partial charge is 0.453 e. The van der Waals surface area contributed by atoms with Crippen LogP contribution in [0.2, 0.25) is 0 Å².